The molecule has 0 bridgehead atoms. The van der Waals surface area contributed by atoms with Gasteiger partial charge in [-0.15, -0.1) is 12.0 Å². The first-order valence-corrected chi connectivity index (χ1v) is 5.31. The fourth-order valence-electron chi connectivity index (χ4n) is 0.686. The molecule has 10 heavy (non-hydrogen) atoms. The molecule has 0 saturated carbocycles. The van der Waals surface area contributed by atoms with Crippen molar-refractivity contribution in [1.29, 1.82) is 0 Å². The number of hydrogen-bond acceptors (Lipinski definition) is 2. The van der Waals surface area contributed by atoms with E-state index >= 15 is 0 Å². The van der Waals surface area contributed by atoms with E-state index in [0.717, 1.165) is 0 Å². The average molecular weight is 160 g/mol. The topological polar surface area (TPSA) is 12.0 Å². The Balaban J connectivity index is 3.97. The molecule has 1 N–H and O–H groups in total. The summed E-state index contributed by atoms with van der Waals surface area (Å²) in [7, 11) is 2.35. The lowest BCUT2D eigenvalue weighted by Crippen LogP contribution is -2.40. The molecule has 0 fully saturated rings. The summed E-state index contributed by atoms with van der Waals surface area (Å²) in [5.74, 6) is 1.18. The molecular formula is C8H18NS-. The minimum absolute atomic E-state index is 0.265. The molecule has 0 radical (unpaired) electrons. The van der Waals surface area contributed by atoms with E-state index in [2.05, 4.69) is 30.6 Å². The van der Waals surface area contributed by atoms with Gasteiger partial charge in [0.1, 0.15) is 0 Å². The third-order valence-corrected chi connectivity index (χ3v) is 3.45. The van der Waals surface area contributed by atoms with Crippen molar-refractivity contribution >= 4 is 10.3 Å². The summed E-state index contributed by atoms with van der Waals surface area (Å²) in [6, 6.07) is 0. The molecule has 0 heterocycles. The van der Waals surface area contributed by atoms with Crippen LogP contribution in [-0.4, -0.2) is 24.6 Å². The Hall–Kier alpha value is 0.0900. The Morgan fingerprint density at radius 2 is 2.00 bits per heavy atom. The molecule has 1 nitrogen and oxygen atoms in total. The van der Waals surface area contributed by atoms with E-state index in [0.29, 0.717) is 10.3 Å². The standard InChI is InChI=1S/C8H18NS/c1-6-10(5)7-8(2,3)9-4/h9H,7H2,1-5H3/q-1. The van der Waals surface area contributed by atoms with Crippen molar-refractivity contribution in [3.63, 3.8) is 0 Å². The van der Waals surface area contributed by atoms with Crippen LogP contribution in [-0.2, 0) is 10.3 Å². The smallest absolute Gasteiger partial charge is 0.00621 e. The van der Waals surface area contributed by atoms with Crippen molar-refractivity contribution in [2.75, 3.05) is 19.1 Å². The second-order valence-electron chi connectivity index (χ2n) is 3.12. The summed E-state index contributed by atoms with van der Waals surface area (Å²) >= 11 is 0. The van der Waals surface area contributed by atoms with Crippen molar-refractivity contribution in [2.24, 2.45) is 0 Å². The lowest BCUT2D eigenvalue weighted by Gasteiger charge is -2.30. The minimum Gasteiger partial charge on any atom is -0.455 e. The molecule has 0 aliphatic rings. The van der Waals surface area contributed by atoms with Gasteiger partial charge in [-0.25, -0.2) is 0 Å². The summed E-state index contributed by atoms with van der Waals surface area (Å²) in [5.41, 5.74) is 0.265. The second kappa shape index (κ2) is 4.07. The lowest BCUT2D eigenvalue weighted by atomic mass is 10.1. The van der Waals surface area contributed by atoms with E-state index in [1.807, 2.05) is 14.0 Å². The van der Waals surface area contributed by atoms with Gasteiger partial charge >= 0.3 is 0 Å². The molecule has 62 valence electrons. The summed E-state index contributed by atoms with van der Waals surface area (Å²) in [6.45, 7) is 6.44. The highest BCUT2D eigenvalue weighted by Crippen LogP contribution is 2.01. The van der Waals surface area contributed by atoms with Crippen LogP contribution < -0.4 is 5.32 Å². The number of nitrogens with one attached hydrogen (secondary N) is 1. The van der Waals surface area contributed by atoms with Crippen LogP contribution in [0.25, 0.3) is 0 Å². The van der Waals surface area contributed by atoms with Crippen LogP contribution in [0.2, 0.25) is 0 Å². The van der Waals surface area contributed by atoms with Gasteiger partial charge in [-0.05, 0) is 33.4 Å². The highest BCUT2D eigenvalue weighted by Gasteiger charge is 2.07. The minimum atomic E-state index is 0.265. The Kier molecular flexibility index (Phi) is 4.11. The number of rotatable bonds is 2. The molecule has 0 atom stereocenters. The van der Waals surface area contributed by atoms with E-state index in [-0.39, 0.29) is 5.54 Å². The van der Waals surface area contributed by atoms with Crippen LogP contribution in [0.3, 0.4) is 0 Å². The molecular weight excluding hydrogens is 142 g/mol. The second-order valence-corrected chi connectivity index (χ2v) is 5.09. The molecule has 0 spiro atoms. The monoisotopic (exact) mass is 160 g/mol. The summed E-state index contributed by atoms with van der Waals surface area (Å²) < 4.78 is 0. The highest BCUT2D eigenvalue weighted by atomic mass is 32.2. The van der Waals surface area contributed by atoms with Crippen molar-refractivity contribution in [3.05, 3.63) is 0 Å². The molecule has 0 rings (SSSR count). The normalized spacial score (nSPS) is 11.8. The first-order chi connectivity index (χ1) is 4.52. The predicted molar refractivity (Wildman–Crippen MR) is 50.9 cm³/mol. The highest BCUT2D eigenvalue weighted by molar-refractivity contribution is 7.85. The van der Waals surface area contributed by atoms with Gasteiger partial charge in [0.2, 0.25) is 0 Å². The predicted octanol–water partition coefficient (Wildman–Crippen LogP) is 1.21. The fraction of sp³-hybridized carbons (Fsp3) is 0.875. The van der Waals surface area contributed by atoms with Gasteiger partial charge in [0.25, 0.3) is 0 Å². The van der Waals surface area contributed by atoms with Crippen LogP contribution in [0.1, 0.15) is 20.8 Å². The van der Waals surface area contributed by atoms with E-state index in [9.17, 15) is 0 Å². The third kappa shape index (κ3) is 3.99. The van der Waals surface area contributed by atoms with Crippen molar-refractivity contribution in [1.82, 2.24) is 5.32 Å². The van der Waals surface area contributed by atoms with Gasteiger partial charge in [-0.1, -0.05) is 0 Å². The molecule has 0 saturated heterocycles. The zero-order valence-electron chi connectivity index (χ0n) is 7.62. The maximum Gasteiger partial charge on any atom is -0.00621 e. The molecule has 0 aliphatic carbocycles. The summed E-state index contributed by atoms with van der Waals surface area (Å²) in [6.07, 6.45) is 2.22. The van der Waals surface area contributed by atoms with Gasteiger partial charge < -0.3 is 20.8 Å². The van der Waals surface area contributed by atoms with E-state index in [1.54, 1.807) is 0 Å². The van der Waals surface area contributed by atoms with Gasteiger partial charge in [0.15, 0.2) is 0 Å². The molecule has 0 amide bonds. The quantitative estimate of drug-likeness (QED) is 0.599. The van der Waals surface area contributed by atoms with Crippen LogP contribution >= 0.6 is 0 Å². The van der Waals surface area contributed by atoms with Gasteiger partial charge in [0.05, 0.1) is 0 Å². The Morgan fingerprint density at radius 3 is 2.30 bits per heavy atom. The largest absolute Gasteiger partial charge is 0.455 e. The first-order valence-electron chi connectivity index (χ1n) is 3.50. The van der Waals surface area contributed by atoms with Crippen LogP contribution in [0.5, 0.6) is 0 Å². The fourth-order valence-corrected chi connectivity index (χ4v) is 2.06. The van der Waals surface area contributed by atoms with Crippen LogP contribution in [0.15, 0.2) is 0 Å². The van der Waals surface area contributed by atoms with Gasteiger partial charge in [-0.3, -0.25) is 0 Å². The summed E-state index contributed by atoms with van der Waals surface area (Å²) in [4.78, 5) is 0. The van der Waals surface area contributed by atoms with Gasteiger partial charge in [-0.2, -0.15) is 0 Å². The van der Waals surface area contributed by atoms with Crippen LogP contribution in [0, 0.1) is 5.18 Å². The Bertz CT molecular complexity index is 171. The van der Waals surface area contributed by atoms with Crippen molar-refractivity contribution in [2.45, 2.75) is 26.3 Å². The Morgan fingerprint density at radius 1 is 1.50 bits per heavy atom. The molecule has 0 aromatic heterocycles. The molecule has 0 aromatic carbocycles. The van der Waals surface area contributed by atoms with Crippen LogP contribution in [0.4, 0.5) is 0 Å². The third-order valence-electron chi connectivity index (χ3n) is 1.60. The maximum absolute atomic E-state index is 3.27. The van der Waals surface area contributed by atoms with E-state index < -0.39 is 0 Å². The zero-order chi connectivity index (χ0) is 8.20. The zero-order valence-corrected chi connectivity index (χ0v) is 8.43. The lowest BCUT2D eigenvalue weighted by molar-refractivity contribution is 0.478. The summed E-state index contributed by atoms with van der Waals surface area (Å²) in [5, 5.41) is 6.52. The van der Waals surface area contributed by atoms with E-state index in [1.165, 1.54) is 5.75 Å². The van der Waals surface area contributed by atoms with E-state index in [4.69, 9.17) is 0 Å². The molecule has 0 aromatic rings. The van der Waals surface area contributed by atoms with Crippen molar-refractivity contribution < 1.29 is 0 Å². The number of hydrogen-bond donors (Lipinski definition) is 1. The first kappa shape index (κ1) is 10.1. The Labute approximate surface area is 66.8 Å². The SMILES string of the molecule is CC#[S-](C)CC(C)(C)NC. The molecule has 2 heteroatoms. The molecule has 0 unspecified atom stereocenters. The van der Waals surface area contributed by atoms with Crippen molar-refractivity contribution in [3.8, 4) is 5.18 Å². The average Bonchev–Trinajstić information content (AvgIpc) is 1.87. The van der Waals surface area contributed by atoms with Gasteiger partial charge in [0, 0.05) is 0 Å². The molecule has 0 aliphatic heterocycles. The maximum atomic E-state index is 3.27.